The van der Waals surface area contributed by atoms with Gasteiger partial charge in [-0.3, -0.25) is 4.79 Å². The van der Waals surface area contributed by atoms with Crippen molar-refractivity contribution in [3.05, 3.63) is 35.9 Å². The van der Waals surface area contributed by atoms with Crippen molar-refractivity contribution in [1.82, 2.24) is 10.6 Å². The molecule has 1 aliphatic heterocycles. The maximum Gasteiger partial charge on any atom is 0.224 e. The van der Waals surface area contributed by atoms with Gasteiger partial charge in [0.2, 0.25) is 5.91 Å². The van der Waals surface area contributed by atoms with Gasteiger partial charge in [0.1, 0.15) is 0 Å². The van der Waals surface area contributed by atoms with E-state index in [1.165, 1.54) is 5.56 Å². The third-order valence-corrected chi connectivity index (χ3v) is 3.76. The van der Waals surface area contributed by atoms with Crippen molar-refractivity contribution in [2.24, 2.45) is 5.92 Å². The van der Waals surface area contributed by atoms with E-state index in [-0.39, 0.29) is 11.8 Å². The molecule has 1 aromatic rings. The Morgan fingerprint density at radius 1 is 1.29 bits per heavy atom. The molecule has 90 valence electrons. The van der Waals surface area contributed by atoms with E-state index >= 15 is 0 Å². The van der Waals surface area contributed by atoms with Crippen molar-refractivity contribution in [3.8, 4) is 0 Å². The zero-order valence-corrected chi connectivity index (χ0v) is 9.86. The lowest BCUT2D eigenvalue weighted by Gasteiger charge is -2.10. The minimum Gasteiger partial charge on any atom is -0.352 e. The Balaban J connectivity index is 1.55. The van der Waals surface area contributed by atoms with Crippen LogP contribution in [-0.4, -0.2) is 25.0 Å². The molecule has 3 rings (SSSR count). The highest BCUT2D eigenvalue weighted by molar-refractivity contribution is 5.83. The lowest BCUT2D eigenvalue weighted by atomic mass is 10.1. The summed E-state index contributed by atoms with van der Waals surface area (Å²) in [4.78, 5) is 12.0. The topological polar surface area (TPSA) is 41.1 Å². The van der Waals surface area contributed by atoms with Gasteiger partial charge in [0.05, 0.1) is 0 Å². The third kappa shape index (κ3) is 2.34. The number of hydrogen-bond donors (Lipinski definition) is 2. The van der Waals surface area contributed by atoms with E-state index in [0.29, 0.717) is 12.0 Å². The van der Waals surface area contributed by atoms with E-state index in [4.69, 9.17) is 0 Å². The highest BCUT2D eigenvalue weighted by atomic mass is 16.2. The molecule has 1 aliphatic carbocycles. The van der Waals surface area contributed by atoms with Gasteiger partial charge in [-0.15, -0.1) is 0 Å². The summed E-state index contributed by atoms with van der Waals surface area (Å²) in [5.74, 6) is 0.899. The predicted octanol–water partition coefficient (Wildman–Crippen LogP) is 1.27. The Morgan fingerprint density at radius 2 is 2.12 bits per heavy atom. The van der Waals surface area contributed by atoms with Gasteiger partial charge in [0.25, 0.3) is 0 Å². The van der Waals surface area contributed by atoms with Gasteiger partial charge >= 0.3 is 0 Å². The van der Waals surface area contributed by atoms with E-state index in [0.717, 1.165) is 25.9 Å². The second-order valence-electron chi connectivity index (χ2n) is 5.06. The number of rotatable bonds is 3. The van der Waals surface area contributed by atoms with Crippen LogP contribution in [0, 0.1) is 5.92 Å². The highest BCUT2D eigenvalue weighted by Gasteiger charge is 2.44. The fraction of sp³-hybridized carbons (Fsp3) is 0.500. The molecule has 3 heteroatoms. The molecular weight excluding hydrogens is 212 g/mol. The first-order valence-corrected chi connectivity index (χ1v) is 6.40. The first kappa shape index (κ1) is 10.8. The summed E-state index contributed by atoms with van der Waals surface area (Å²) in [6.45, 7) is 1.95. The van der Waals surface area contributed by atoms with Gasteiger partial charge in [-0.2, -0.15) is 0 Å². The summed E-state index contributed by atoms with van der Waals surface area (Å²) in [6, 6.07) is 10.7. The molecule has 1 saturated carbocycles. The van der Waals surface area contributed by atoms with Crippen molar-refractivity contribution >= 4 is 5.91 Å². The molecule has 17 heavy (non-hydrogen) atoms. The monoisotopic (exact) mass is 230 g/mol. The third-order valence-electron chi connectivity index (χ3n) is 3.76. The average Bonchev–Trinajstić information content (AvgIpc) is 3.02. The Morgan fingerprint density at radius 3 is 2.82 bits per heavy atom. The molecule has 3 atom stereocenters. The Bertz CT molecular complexity index is 398. The molecule has 0 bridgehead atoms. The average molecular weight is 230 g/mol. The summed E-state index contributed by atoms with van der Waals surface area (Å²) in [5, 5.41) is 6.40. The molecule has 1 saturated heterocycles. The molecular formula is C14H18N2O. The maximum absolute atomic E-state index is 12.0. The van der Waals surface area contributed by atoms with Crippen LogP contribution in [0.15, 0.2) is 30.3 Å². The molecule has 1 heterocycles. The molecule has 0 radical (unpaired) electrons. The van der Waals surface area contributed by atoms with Gasteiger partial charge in [-0.05, 0) is 30.9 Å². The summed E-state index contributed by atoms with van der Waals surface area (Å²) < 4.78 is 0. The summed E-state index contributed by atoms with van der Waals surface area (Å²) in [5.41, 5.74) is 1.30. The second-order valence-corrected chi connectivity index (χ2v) is 5.06. The lowest BCUT2D eigenvalue weighted by molar-refractivity contribution is -0.123. The Labute approximate surface area is 102 Å². The van der Waals surface area contributed by atoms with Crippen LogP contribution in [0.4, 0.5) is 0 Å². The van der Waals surface area contributed by atoms with Crippen molar-refractivity contribution in [1.29, 1.82) is 0 Å². The van der Waals surface area contributed by atoms with Crippen LogP contribution in [0.5, 0.6) is 0 Å². The lowest BCUT2D eigenvalue weighted by Crippen LogP contribution is -2.37. The van der Waals surface area contributed by atoms with Crippen LogP contribution < -0.4 is 10.6 Å². The first-order valence-electron chi connectivity index (χ1n) is 6.40. The summed E-state index contributed by atoms with van der Waals surface area (Å²) in [6.07, 6.45) is 2.07. The largest absolute Gasteiger partial charge is 0.352 e. The molecule has 2 fully saturated rings. The van der Waals surface area contributed by atoms with Crippen molar-refractivity contribution < 1.29 is 4.79 Å². The number of carbonyl (C=O) groups is 1. The van der Waals surface area contributed by atoms with Crippen molar-refractivity contribution in [2.75, 3.05) is 13.1 Å². The number of carbonyl (C=O) groups excluding carboxylic acids is 1. The van der Waals surface area contributed by atoms with Gasteiger partial charge in [-0.25, -0.2) is 0 Å². The minimum atomic E-state index is 0.206. The highest BCUT2D eigenvalue weighted by Crippen LogP contribution is 2.47. The fourth-order valence-corrected chi connectivity index (χ4v) is 2.64. The van der Waals surface area contributed by atoms with Crippen LogP contribution in [0.25, 0.3) is 0 Å². The van der Waals surface area contributed by atoms with Crippen LogP contribution in [-0.2, 0) is 4.79 Å². The van der Waals surface area contributed by atoms with Crippen LogP contribution in [0.2, 0.25) is 0 Å². The number of hydrogen-bond acceptors (Lipinski definition) is 2. The van der Waals surface area contributed by atoms with Gasteiger partial charge in [-0.1, -0.05) is 30.3 Å². The van der Waals surface area contributed by atoms with Crippen LogP contribution in [0.3, 0.4) is 0 Å². The van der Waals surface area contributed by atoms with Gasteiger partial charge in [0.15, 0.2) is 0 Å². The van der Waals surface area contributed by atoms with E-state index in [1.54, 1.807) is 0 Å². The fourth-order valence-electron chi connectivity index (χ4n) is 2.64. The second kappa shape index (κ2) is 4.49. The number of amides is 1. The smallest absolute Gasteiger partial charge is 0.224 e. The Hall–Kier alpha value is -1.35. The van der Waals surface area contributed by atoms with E-state index in [9.17, 15) is 4.79 Å². The molecule has 1 aromatic carbocycles. The molecule has 2 N–H and O–H groups in total. The van der Waals surface area contributed by atoms with E-state index in [2.05, 4.69) is 22.8 Å². The molecule has 3 unspecified atom stereocenters. The van der Waals surface area contributed by atoms with Crippen molar-refractivity contribution in [2.45, 2.75) is 24.8 Å². The normalized spacial score (nSPS) is 31.2. The maximum atomic E-state index is 12.0. The molecule has 2 aliphatic rings. The number of nitrogens with one attached hydrogen (secondary N) is 2. The molecule has 3 nitrogen and oxygen atoms in total. The standard InChI is InChI=1S/C14H18N2O/c17-14(16-11-6-7-15-9-11)13-8-12(13)10-4-2-1-3-5-10/h1-5,11-13,15H,6-9H2,(H,16,17). The SMILES string of the molecule is O=C(NC1CCNC1)C1CC1c1ccccc1. The first-order chi connectivity index (χ1) is 8.34. The Kier molecular flexibility index (Phi) is 2.85. The van der Waals surface area contributed by atoms with Gasteiger partial charge < -0.3 is 10.6 Å². The predicted molar refractivity (Wildman–Crippen MR) is 66.7 cm³/mol. The molecule has 0 spiro atoms. The molecule has 0 aromatic heterocycles. The zero-order chi connectivity index (χ0) is 11.7. The quantitative estimate of drug-likeness (QED) is 0.821. The minimum absolute atomic E-state index is 0.206. The molecule has 1 amide bonds. The van der Waals surface area contributed by atoms with Gasteiger partial charge in [0, 0.05) is 18.5 Å². The van der Waals surface area contributed by atoms with Crippen molar-refractivity contribution in [3.63, 3.8) is 0 Å². The zero-order valence-electron chi connectivity index (χ0n) is 9.86. The number of benzene rings is 1. The van der Waals surface area contributed by atoms with Crippen LogP contribution in [0.1, 0.15) is 24.3 Å². The summed E-state index contributed by atoms with van der Waals surface area (Å²) in [7, 11) is 0. The van der Waals surface area contributed by atoms with Crippen LogP contribution >= 0.6 is 0 Å². The van der Waals surface area contributed by atoms with E-state index in [1.807, 2.05) is 18.2 Å². The summed E-state index contributed by atoms with van der Waals surface area (Å²) >= 11 is 0. The van der Waals surface area contributed by atoms with E-state index < -0.39 is 0 Å².